The topological polar surface area (TPSA) is 69.7 Å². The van der Waals surface area contributed by atoms with Gasteiger partial charge in [-0.3, -0.25) is 15.1 Å². The first-order chi connectivity index (χ1) is 17.0. The summed E-state index contributed by atoms with van der Waals surface area (Å²) in [6.07, 6.45) is 5.47. The molecular formula is C28H25FN6. The molecular weight excluding hydrogens is 439 g/mol. The largest absolute Gasteiger partial charge is 0.353 e. The third-order valence-corrected chi connectivity index (χ3v) is 5.65. The van der Waals surface area contributed by atoms with Crippen molar-refractivity contribution >= 4 is 22.3 Å². The maximum atomic E-state index is 13.5. The van der Waals surface area contributed by atoms with Crippen LogP contribution in [-0.2, 0) is 6.54 Å². The second-order valence-electron chi connectivity index (χ2n) is 8.70. The maximum absolute atomic E-state index is 13.5. The van der Waals surface area contributed by atoms with Crippen molar-refractivity contribution in [1.29, 1.82) is 0 Å². The summed E-state index contributed by atoms with van der Waals surface area (Å²) in [5, 5.41) is 11.8. The van der Waals surface area contributed by atoms with Gasteiger partial charge in [-0.2, -0.15) is 5.10 Å². The van der Waals surface area contributed by atoms with Crippen molar-refractivity contribution in [3.63, 3.8) is 0 Å². The molecule has 0 atom stereocenters. The molecule has 0 aliphatic carbocycles. The van der Waals surface area contributed by atoms with E-state index in [-0.39, 0.29) is 5.82 Å². The molecule has 0 unspecified atom stereocenters. The number of H-pyrrole nitrogens is 1. The van der Waals surface area contributed by atoms with E-state index in [0.717, 1.165) is 51.1 Å². The molecule has 2 aromatic carbocycles. The Kier molecular flexibility index (Phi) is 6.08. The first kappa shape index (κ1) is 22.4. The van der Waals surface area contributed by atoms with Crippen LogP contribution in [0.1, 0.15) is 11.3 Å². The van der Waals surface area contributed by atoms with Crippen molar-refractivity contribution in [3.05, 3.63) is 103 Å². The normalized spacial score (nSPS) is 11.2. The van der Waals surface area contributed by atoms with Gasteiger partial charge in [0, 0.05) is 35.5 Å². The molecule has 3 aromatic heterocycles. The number of hydrogen-bond acceptors (Lipinski definition) is 5. The van der Waals surface area contributed by atoms with E-state index in [0.29, 0.717) is 11.4 Å². The molecule has 6 nitrogen and oxygen atoms in total. The lowest BCUT2D eigenvalue weighted by Crippen LogP contribution is -2.10. The van der Waals surface area contributed by atoms with Gasteiger partial charge in [0.1, 0.15) is 11.5 Å². The number of rotatable bonds is 7. The first-order valence-electron chi connectivity index (χ1n) is 11.2. The number of benzene rings is 2. The monoisotopic (exact) mass is 464 g/mol. The predicted octanol–water partition coefficient (Wildman–Crippen LogP) is 5.97. The minimum Gasteiger partial charge on any atom is -0.353 e. The number of nitrogens with one attached hydrogen (secondary N) is 2. The van der Waals surface area contributed by atoms with Crippen LogP contribution in [0.15, 0.2) is 85.8 Å². The van der Waals surface area contributed by atoms with Gasteiger partial charge in [0.25, 0.3) is 0 Å². The third kappa shape index (κ3) is 4.95. The molecule has 2 N–H and O–H groups in total. The van der Waals surface area contributed by atoms with E-state index in [1.807, 2.05) is 50.8 Å². The molecule has 5 rings (SSSR count). The third-order valence-electron chi connectivity index (χ3n) is 5.65. The van der Waals surface area contributed by atoms with Crippen molar-refractivity contribution < 1.29 is 4.39 Å². The molecule has 0 saturated carbocycles. The lowest BCUT2D eigenvalue weighted by Gasteiger charge is -2.11. The van der Waals surface area contributed by atoms with Crippen LogP contribution in [-0.4, -0.2) is 39.2 Å². The van der Waals surface area contributed by atoms with Crippen LogP contribution in [0.25, 0.3) is 39.0 Å². The van der Waals surface area contributed by atoms with E-state index < -0.39 is 0 Å². The highest BCUT2D eigenvalue weighted by Crippen LogP contribution is 2.29. The fourth-order valence-corrected chi connectivity index (χ4v) is 4.04. The molecule has 0 bridgehead atoms. The second-order valence-corrected chi connectivity index (χ2v) is 8.70. The standard InChI is InChI=1S/C28H25FN6/c1-18(32-24-8-10-26(31-16-24)21-5-4-6-23(29)12-21)28-25-13-20(7-9-27(25)33-34-28)22-11-19(14-30-15-22)17-35(2)3/h4-16,32H,1,17H2,2-3H3,(H,33,34). The van der Waals surface area contributed by atoms with Crippen LogP contribution in [0, 0.1) is 5.82 Å². The smallest absolute Gasteiger partial charge is 0.123 e. The van der Waals surface area contributed by atoms with Gasteiger partial charge in [0.2, 0.25) is 0 Å². The minimum atomic E-state index is -0.287. The Balaban J connectivity index is 1.39. The van der Waals surface area contributed by atoms with E-state index in [2.05, 4.69) is 55.2 Å². The van der Waals surface area contributed by atoms with Gasteiger partial charge in [0.15, 0.2) is 0 Å². The summed E-state index contributed by atoms with van der Waals surface area (Å²) in [5.41, 5.74) is 7.75. The zero-order valence-electron chi connectivity index (χ0n) is 19.6. The predicted molar refractivity (Wildman–Crippen MR) is 139 cm³/mol. The van der Waals surface area contributed by atoms with Crippen LogP contribution in [0.3, 0.4) is 0 Å². The van der Waals surface area contributed by atoms with Gasteiger partial charge in [-0.25, -0.2) is 4.39 Å². The summed E-state index contributed by atoms with van der Waals surface area (Å²) in [7, 11) is 4.08. The summed E-state index contributed by atoms with van der Waals surface area (Å²) in [5.74, 6) is -0.287. The van der Waals surface area contributed by atoms with Crippen molar-refractivity contribution in [2.45, 2.75) is 6.54 Å². The number of halogens is 1. The van der Waals surface area contributed by atoms with E-state index in [4.69, 9.17) is 0 Å². The van der Waals surface area contributed by atoms with E-state index in [9.17, 15) is 4.39 Å². The van der Waals surface area contributed by atoms with Gasteiger partial charge in [-0.1, -0.05) is 24.8 Å². The zero-order valence-corrected chi connectivity index (χ0v) is 19.6. The van der Waals surface area contributed by atoms with Crippen LogP contribution < -0.4 is 5.32 Å². The van der Waals surface area contributed by atoms with E-state index in [1.54, 1.807) is 12.3 Å². The van der Waals surface area contributed by atoms with Gasteiger partial charge < -0.3 is 10.2 Å². The van der Waals surface area contributed by atoms with Crippen molar-refractivity contribution in [1.82, 2.24) is 25.1 Å². The molecule has 174 valence electrons. The molecule has 0 amide bonds. The highest BCUT2D eigenvalue weighted by molar-refractivity contribution is 5.95. The quantitative estimate of drug-likeness (QED) is 0.311. The van der Waals surface area contributed by atoms with Crippen molar-refractivity contribution in [2.24, 2.45) is 0 Å². The first-order valence-corrected chi connectivity index (χ1v) is 11.2. The van der Waals surface area contributed by atoms with E-state index >= 15 is 0 Å². The highest BCUT2D eigenvalue weighted by Gasteiger charge is 2.12. The lowest BCUT2D eigenvalue weighted by molar-refractivity contribution is 0.402. The molecule has 0 spiro atoms. The number of pyridine rings is 2. The molecule has 0 radical (unpaired) electrons. The Morgan fingerprint density at radius 3 is 2.63 bits per heavy atom. The summed E-state index contributed by atoms with van der Waals surface area (Å²) in [6, 6.07) is 18.5. The number of nitrogens with zero attached hydrogens (tertiary/aromatic N) is 4. The second kappa shape index (κ2) is 9.48. The molecule has 0 fully saturated rings. The van der Waals surface area contributed by atoms with Crippen molar-refractivity contribution in [3.8, 4) is 22.4 Å². The molecule has 5 aromatic rings. The Bertz CT molecular complexity index is 1500. The zero-order chi connectivity index (χ0) is 24.4. The lowest BCUT2D eigenvalue weighted by atomic mass is 10.0. The van der Waals surface area contributed by atoms with Crippen LogP contribution in [0.4, 0.5) is 10.1 Å². The summed E-state index contributed by atoms with van der Waals surface area (Å²) >= 11 is 0. The average molecular weight is 465 g/mol. The summed E-state index contributed by atoms with van der Waals surface area (Å²) < 4.78 is 13.5. The minimum absolute atomic E-state index is 0.287. The van der Waals surface area contributed by atoms with Gasteiger partial charge in [0.05, 0.1) is 28.8 Å². The SMILES string of the molecule is C=C(Nc1ccc(-c2cccc(F)c2)nc1)c1n[nH]c2ccc(-c3cncc(CN(C)C)c3)cc12. The highest BCUT2D eigenvalue weighted by atomic mass is 19.1. The van der Waals surface area contributed by atoms with E-state index in [1.165, 1.54) is 12.1 Å². The average Bonchev–Trinajstić information content (AvgIpc) is 3.28. The van der Waals surface area contributed by atoms with Gasteiger partial charge in [-0.05, 0) is 67.7 Å². The molecule has 0 aliphatic heterocycles. The Morgan fingerprint density at radius 1 is 0.971 bits per heavy atom. The number of fused-ring (bicyclic) bond motifs is 1. The maximum Gasteiger partial charge on any atom is 0.123 e. The summed E-state index contributed by atoms with van der Waals surface area (Å²) in [4.78, 5) is 11.0. The molecule has 3 heterocycles. The Labute approximate surface area is 203 Å². The Hall–Kier alpha value is -4.36. The Morgan fingerprint density at radius 2 is 1.86 bits per heavy atom. The van der Waals surface area contributed by atoms with Crippen LogP contribution >= 0.6 is 0 Å². The molecule has 0 saturated heterocycles. The van der Waals surface area contributed by atoms with Crippen molar-refractivity contribution in [2.75, 3.05) is 19.4 Å². The van der Waals surface area contributed by atoms with Crippen LogP contribution in [0.2, 0.25) is 0 Å². The fraction of sp³-hybridized carbons (Fsp3) is 0.107. The number of aromatic nitrogens is 4. The summed E-state index contributed by atoms with van der Waals surface area (Å²) in [6.45, 7) is 5.02. The number of hydrogen-bond donors (Lipinski definition) is 2. The molecule has 35 heavy (non-hydrogen) atoms. The van der Waals surface area contributed by atoms with Crippen LogP contribution in [0.5, 0.6) is 0 Å². The molecule has 0 aliphatic rings. The number of anilines is 1. The fourth-order valence-electron chi connectivity index (χ4n) is 4.04. The van der Waals surface area contributed by atoms with Gasteiger partial charge >= 0.3 is 0 Å². The molecule has 7 heteroatoms. The number of aromatic amines is 1. The van der Waals surface area contributed by atoms with Gasteiger partial charge in [-0.15, -0.1) is 0 Å².